The van der Waals surface area contributed by atoms with Crippen LogP contribution in [0.15, 0.2) is 33.3 Å². The molecule has 172 valence electrons. The molecule has 3 amide bonds. The highest BCUT2D eigenvalue weighted by atomic mass is 32.2. The number of rotatable bonds is 10. The van der Waals surface area contributed by atoms with Crippen LogP contribution in [0.5, 0.6) is 0 Å². The van der Waals surface area contributed by atoms with Gasteiger partial charge in [0.05, 0.1) is 6.07 Å². The lowest BCUT2D eigenvalue weighted by molar-refractivity contribution is -0.150. The van der Waals surface area contributed by atoms with E-state index in [-0.39, 0.29) is 22.2 Å². The number of anilines is 1. The Morgan fingerprint density at radius 2 is 2.33 bits per heavy atom. The van der Waals surface area contributed by atoms with E-state index in [1.807, 2.05) is 6.07 Å². The van der Waals surface area contributed by atoms with Gasteiger partial charge in [-0.25, -0.2) is 9.78 Å². The largest absolute Gasteiger partial charge is 0.477 e. The van der Waals surface area contributed by atoms with Crippen LogP contribution in [0.3, 0.4) is 0 Å². The Kier molecular flexibility index (Phi) is 8.09. The number of carbonyl (C=O) groups is 4. The fraction of sp³-hybridized carbons (Fsp3) is 0.278. The maximum atomic E-state index is 12.8. The number of nitrogens with one attached hydrogen (secondary N) is 2. The molecule has 0 bridgehead atoms. The topological polar surface area (TPSA) is 174 Å². The zero-order chi connectivity index (χ0) is 24.0. The first-order valence-corrected chi connectivity index (χ1v) is 12.0. The summed E-state index contributed by atoms with van der Waals surface area (Å²) in [5, 5.41) is 29.5. The van der Waals surface area contributed by atoms with E-state index in [4.69, 9.17) is 10.1 Å². The first-order valence-electron chi connectivity index (χ1n) is 9.07. The second-order valence-electron chi connectivity index (χ2n) is 6.28. The molecule has 3 heterocycles. The lowest BCUT2D eigenvalue weighted by Crippen LogP contribution is -2.71. The quantitative estimate of drug-likeness (QED) is 0.133. The van der Waals surface area contributed by atoms with E-state index in [0.29, 0.717) is 23.5 Å². The monoisotopic (exact) mass is 508 g/mol. The number of hydrogen-bond acceptors (Lipinski definition) is 11. The number of aromatic nitrogens is 1. The van der Waals surface area contributed by atoms with Gasteiger partial charge in [-0.2, -0.15) is 5.26 Å². The van der Waals surface area contributed by atoms with Crippen LogP contribution in [0.25, 0.3) is 0 Å². The Bertz CT molecular complexity index is 1110. The highest BCUT2D eigenvalue weighted by Crippen LogP contribution is 2.41. The van der Waals surface area contributed by atoms with E-state index in [1.165, 1.54) is 42.1 Å². The Morgan fingerprint density at radius 3 is 3.00 bits per heavy atom. The van der Waals surface area contributed by atoms with E-state index in [0.717, 1.165) is 16.2 Å². The normalized spacial score (nSPS) is 20.1. The van der Waals surface area contributed by atoms with Crippen molar-refractivity contribution >= 4 is 69.9 Å². The molecule has 0 spiro atoms. The molecule has 2 atom stereocenters. The summed E-state index contributed by atoms with van der Waals surface area (Å²) in [4.78, 5) is 58.0. The molecule has 12 nitrogen and oxygen atoms in total. The number of amides is 3. The Morgan fingerprint density at radius 1 is 1.55 bits per heavy atom. The standard InChI is InChI=1S/C18H16N6O6S3/c1-30-23-11(10-7-33-18(21-10)20-8-25)14(26)22-12-15(27)24-13(17(28)29)9(6-32-16(12)24)5-31-4-2-3-19/h2,4,7-8,12,16H,5-6H2,1H3,(H,22,26)(H,28,29)(H,20,21,25)/t12?,16-/m0/s1. The number of carbonyl (C=O) groups excluding carboxylic acids is 3. The highest BCUT2D eigenvalue weighted by molar-refractivity contribution is 8.02. The third-order valence-corrected chi connectivity index (χ3v) is 7.32. The van der Waals surface area contributed by atoms with Gasteiger partial charge < -0.3 is 20.6 Å². The number of oxime groups is 1. The van der Waals surface area contributed by atoms with Gasteiger partial charge in [0.1, 0.15) is 29.9 Å². The number of β-lactam (4-membered cyclic amide) rings is 1. The number of allylic oxidation sites excluding steroid dienone is 1. The second-order valence-corrected chi connectivity index (χ2v) is 9.14. The molecular weight excluding hydrogens is 492 g/mol. The maximum absolute atomic E-state index is 12.8. The fourth-order valence-electron chi connectivity index (χ4n) is 3.03. The van der Waals surface area contributed by atoms with E-state index in [9.17, 15) is 24.3 Å². The maximum Gasteiger partial charge on any atom is 0.352 e. The van der Waals surface area contributed by atoms with E-state index < -0.39 is 29.2 Å². The predicted molar refractivity (Wildman–Crippen MR) is 122 cm³/mol. The molecule has 0 aliphatic carbocycles. The molecule has 1 aromatic heterocycles. The fourth-order valence-corrected chi connectivity index (χ4v) is 5.85. The van der Waals surface area contributed by atoms with Gasteiger partial charge in [-0.3, -0.25) is 19.3 Å². The lowest BCUT2D eigenvalue weighted by atomic mass is 10.0. The summed E-state index contributed by atoms with van der Waals surface area (Å²) in [6.07, 6.45) is 1.72. The number of thioether (sulfide) groups is 2. The van der Waals surface area contributed by atoms with Crippen LogP contribution in [0.1, 0.15) is 5.69 Å². The summed E-state index contributed by atoms with van der Waals surface area (Å²) in [6, 6.07) is 0.889. The molecule has 2 aliphatic heterocycles. The minimum Gasteiger partial charge on any atom is -0.477 e. The smallest absolute Gasteiger partial charge is 0.352 e. The van der Waals surface area contributed by atoms with Crippen LogP contribution in [0.4, 0.5) is 5.13 Å². The van der Waals surface area contributed by atoms with Crippen LogP contribution in [-0.4, -0.2) is 74.9 Å². The van der Waals surface area contributed by atoms with Crippen molar-refractivity contribution in [2.24, 2.45) is 5.16 Å². The van der Waals surface area contributed by atoms with Gasteiger partial charge in [0.2, 0.25) is 6.41 Å². The highest BCUT2D eigenvalue weighted by Gasteiger charge is 2.54. The van der Waals surface area contributed by atoms with Gasteiger partial charge >= 0.3 is 5.97 Å². The van der Waals surface area contributed by atoms with Crippen molar-refractivity contribution in [2.45, 2.75) is 11.4 Å². The summed E-state index contributed by atoms with van der Waals surface area (Å²) in [7, 11) is 1.24. The number of hydrogen-bond donors (Lipinski definition) is 3. The zero-order valence-electron chi connectivity index (χ0n) is 16.9. The number of aliphatic carboxylic acids is 1. The van der Waals surface area contributed by atoms with Crippen molar-refractivity contribution in [3.63, 3.8) is 0 Å². The van der Waals surface area contributed by atoms with Crippen molar-refractivity contribution in [1.82, 2.24) is 15.2 Å². The second kappa shape index (κ2) is 11.0. The van der Waals surface area contributed by atoms with Crippen LogP contribution >= 0.6 is 34.9 Å². The first-order chi connectivity index (χ1) is 15.9. The molecule has 3 rings (SSSR count). The Balaban J connectivity index is 1.75. The Labute approximate surface area is 199 Å². The molecular formula is C18H16N6O6S3. The third-order valence-electron chi connectivity index (χ3n) is 4.36. The SMILES string of the molecule is CON=C(C(=O)NC1C(=O)N2C(C(=O)O)=C(CSC=CC#N)CS[C@@H]12)c1csc(NC=O)n1. The van der Waals surface area contributed by atoms with Crippen LogP contribution in [0, 0.1) is 11.3 Å². The average molecular weight is 509 g/mol. The van der Waals surface area contributed by atoms with Gasteiger partial charge in [0.15, 0.2) is 10.8 Å². The number of nitriles is 1. The first kappa shape index (κ1) is 24.3. The van der Waals surface area contributed by atoms with E-state index in [2.05, 4.69) is 20.8 Å². The number of thiazole rings is 1. The molecule has 33 heavy (non-hydrogen) atoms. The molecule has 0 radical (unpaired) electrons. The molecule has 1 unspecified atom stereocenters. The molecule has 3 N–H and O–H groups in total. The molecule has 15 heteroatoms. The number of carboxylic acids is 1. The third kappa shape index (κ3) is 5.18. The van der Waals surface area contributed by atoms with Gasteiger partial charge in [-0.1, -0.05) is 5.16 Å². The zero-order valence-corrected chi connectivity index (χ0v) is 19.3. The summed E-state index contributed by atoms with van der Waals surface area (Å²) in [5.41, 5.74) is 0.380. The summed E-state index contributed by atoms with van der Waals surface area (Å²) in [5.74, 6) is -1.88. The van der Waals surface area contributed by atoms with Crippen molar-refractivity contribution in [2.75, 3.05) is 23.9 Å². The lowest BCUT2D eigenvalue weighted by Gasteiger charge is -2.49. The number of fused-ring (bicyclic) bond motifs is 1. The summed E-state index contributed by atoms with van der Waals surface area (Å²) in [6.45, 7) is 0. The van der Waals surface area contributed by atoms with Gasteiger partial charge in [-0.15, -0.1) is 34.9 Å². The van der Waals surface area contributed by atoms with Crippen LogP contribution < -0.4 is 10.6 Å². The molecule has 0 saturated carbocycles. The molecule has 1 aromatic rings. The predicted octanol–water partition coefficient (Wildman–Crippen LogP) is 0.571. The Hall–Kier alpha value is -3.35. The van der Waals surface area contributed by atoms with Crippen molar-refractivity contribution < 1.29 is 29.1 Å². The molecule has 2 aliphatic rings. The number of carboxylic acid groups (broad SMARTS) is 1. The van der Waals surface area contributed by atoms with E-state index >= 15 is 0 Å². The van der Waals surface area contributed by atoms with E-state index in [1.54, 1.807) is 5.41 Å². The van der Waals surface area contributed by atoms with Crippen molar-refractivity contribution in [3.05, 3.63) is 33.8 Å². The van der Waals surface area contributed by atoms with Crippen LogP contribution in [0.2, 0.25) is 0 Å². The van der Waals surface area contributed by atoms with Crippen LogP contribution in [-0.2, 0) is 24.0 Å². The van der Waals surface area contributed by atoms with Crippen molar-refractivity contribution in [1.29, 1.82) is 5.26 Å². The average Bonchev–Trinajstić information content (AvgIpc) is 3.26. The minimum absolute atomic E-state index is 0.109. The minimum atomic E-state index is -1.24. The van der Waals surface area contributed by atoms with Gasteiger partial charge in [0, 0.05) is 23.0 Å². The summed E-state index contributed by atoms with van der Waals surface area (Å²) >= 11 is 3.65. The molecule has 1 fully saturated rings. The van der Waals surface area contributed by atoms with Crippen molar-refractivity contribution in [3.8, 4) is 6.07 Å². The molecule has 0 aromatic carbocycles. The van der Waals surface area contributed by atoms with Gasteiger partial charge in [0.25, 0.3) is 11.8 Å². The van der Waals surface area contributed by atoms with Gasteiger partial charge in [-0.05, 0) is 11.0 Å². The molecule has 1 saturated heterocycles. The summed E-state index contributed by atoms with van der Waals surface area (Å²) < 4.78 is 0. The number of nitrogens with zero attached hydrogens (tertiary/aromatic N) is 4.